The minimum Gasteiger partial charge on any atom is -0.433 e. The number of nitrogens with one attached hydrogen (secondary N) is 1. The zero-order chi connectivity index (χ0) is 15.5. The Morgan fingerprint density at radius 3 is 2.67 bits per heavy atom. The molecule has 0 aliphatic rings. The molecule has 0 aliphatic carbocycles. The average molecular weight is 354 g/mol. The van der Waals surface area contributed by atoms with Gasteiger partial charge in [0.25, 0.3) is 0 Å². The van der Waals surface area contributed by atoms with Gasteiger partial charge in [0.2, 0.25) is 10.0 Å². The topological polar surface area (TPSA) is 55.4 Å². The maximum atomic E-state index is 12.1. The third kappa shape index (κ3) is 4.37. The monoisotopic (exact) mass is 353 g/mol. The Balaban J connectivity index is 2.14. The van der Waals surface area contributed by atoms with Crippen LogP contribution in [0.3, 0.4) is 0 Å². The summed E-state index contributed by atoms with van der Waals surface area (Å²) in [6.45, 7) is -2.89. The lowest BCUT2D eigenvalue weighted by atomic mass is 10.3. The number of thiophene rings is 1. The van der Waals surface area contributed by atoms with Gasteiger partial charge in [-0.25, -0.2) is 13.1 Å². The second kappa shape index (κ2) is 6.69. The molecule has 0 amide bonds. The van der Waals surface area contributed by atoms with Crippen molar-refractivity contribution in [1.82, 2.24) is 4.72 Å². The minimum absolute atomic E-state index is 0.121. The van der Waals surface area contributed by atoms with Gasteiger partial charge in [0.1, 0.15) is 5.75 Å². The van der Waals surface area contributed by atoms with E-state index in [-0.39, 0.29) is 22.2 Å². The SMILES string of the molecule is O=S(=O)(NCc1ccsc1)c1ccc(OC(F)F)c(Cl)c1. The zero-order valence-electron chi connectivity index (χ0n) is 10.4. The van der Waals surface area contributed by atoms with E-state index in [1.807, 2.05) is 10.8 Å². The molecule has 4 nitrogen and oxygen atoms in total. The third-order valence-electron chi connectivity index (χ3n) is 2.48. The van der Waals surface area contributed by atoms with E-state index in [2.05, 4.69) is 9.46 Å². The lowest BCUT2D eigenvalue weighted by molar-refractivity contribution is -0.0498. The summed E-state index contributed by atoms with van der Waals surface area (Å²) in [5, 5.41) is 3.44. The highest BCUT2D eigenvalue weighted by Crippen LogP contribution is 2.28. The van der Waals surface area contributed by atoms with Crippen LogP contribution in [0.15, 0.2) is 39.9 Å². The van der Waals surface area contributed by atoms with Crippen molar-refractivity contribution in [3.8, 4) is 5.75 Å². The number of benzene rings is 1. The van der Waals surface area contributed by atoms with Gasteiger partial charge in [-0.3, -0.25) is 0 Å². The Morgan fingerprint density at radius 2 is 2.10 bits per heavy atom. The molecule has 9 heteroatoms. The summed E-state index contributed by atoms with van der Waals surface area (Å²) in [5.41, 5.74) is 0.826. The minimum atomic E-state index is -3.78. The van der Waals surface area contributed by atoms with Crippen molar-refractivity contribution >= 4 is 33.0 Å². The van der Waals surface area contributed by atoms with Crippen LogP contribution in [0.25, 0.3) is 0 Å². The van der Waals surface area contributed by atoms with Gasteiger partial charge in [0, 0.05) is 6.54 Å². The summed E-state index contributed by atoms with van der Waals surface area (Å²) in [5.74, 6) is -0.275. The second-order valence-corrected chi connectivity index (χ2v) is 6.88. The van der Waals surface area contributed by atoms with Crippen LogP contribution in [-0.4, -0.2) is 15.0 Å². The Kier molecular flexibility index (Phi) is 5.15. The Hall–Kier alpha value is -1.22. The fourth-order valence-corrected chi connectivity index (χ4v) is 3.50. The van der Waals surface area contributed by atoms with Crippen molar-refractivity contribution in [3.05, 3.63) is 45.6 Å². The van der Waals surface area contributed by atoms with Gasteiger partial charge in [0.15, 0.2) is 0 Å². The summed E-state index contributed by atoms with van der Waals surface area (Å²) in [6, 6.07) is 5.10. The standard InChI is InChI=1S/C12H10ClF2NO3S2/c13-10-5-9(1-2-11(10)19-12(14)15)21(17,18)16-6-8-3-4-20-7-8/h1-5,7,12,16H,6H2. The van der Waals surface area contributed by atoms with Gasteiger partial charge in [-0.1, -0.05) is 11.6 Å². The van der Waals surface area contributed by atoms with Crippen LogP contribution in [0.2, 0.25) is 5.02 Å². The van der Waals surface area contributed by atoms with E-state index >= 15 is 0 Å². The van der Waals surface area contributed by atoms with Crippen molar-refractivity contribution in [3.63, 3.8) is 0 Å². The summed E-state index contributed by atoms with van der Waals surface area (Å²) in [7, 11) is -3.78. The van der Waals surface area contributed by atoms with Gasteiger partial charge in [-0.05, 0) is 40.6 Å². The molecule has 0 atom stereocenters. The number of sulfonamides is 1. The molecule has 0 spiro atoms. The molecule has 1 heterocycles. The third-order valence-corrected chi connectivity index (χ3v) is 4.90. The van der Waals surface area contributed by atoms with Crippen molar-refractivity contribution in [2.24, 2.45) is 0 Å². The summed E-state index contributed by atoms with van der Waals surface area (Å²) in [4.78, 5) is -0.121. The zero-order valence-corrected chi connectivity index (χ0v) is 12.8. The fraction of sp³-hybridized carbons (Fsp3) is 0.167. The van der Waals surface area contributed by atoms with Crippen molar-refractivity contribution in [2.45, 2.75) is 18.1 Å². The van der Waals surface area contributed by atoms with E-state index in [1.54, 1.807) is 6.07 Å². The molecule has 2 aromatic rings. The summed E-state index contributed by atoms with van der Waals surface area (Å²) >= 11 is 7.18. The van der Waals surface area contributed by atoms with E-state index in [0.717, 1.165) is 23.8 Å². The van der Waals surface area contributed by atoms with E-state index in [4.69, 9.17) is 11.6 Å². The molecular formula is C12H10ClF2NO3S2. The first-order chi connectivity index (χ1) is 9.88. The van der Waals surface area contributed by atoms with Crippen LogP contribution < -0.4 is 9.46 Å². The highest BCUT2D eigenvalue weighted by Gasteiger charge is 2.17. The average Bonchev–Trinajstić information content (AvgIpc) is 2.91. The molecule has 0 saturated carbocycles. The number of halogens is 3. The predicted octanol–water partition coefficient (Wildman–Crippen LogP) is 3.48. The number of ether oxygens (including phenoxy) is 1. The summed E-state index contributed by atoms with van der Waals surface area (Å²) < 4.78 is 54.9. The quantitative estimate of drug-likeness (QED) is 0.865. The molecule has 0 radical (unpaired) electrons. The van der Waals surface area contributed by atoms with Crippen molar-refractivity contribution in [1.29, 1.82) is 0 Å². The van der Waals surface area contributed by atoms with Crippen molar-refractivity contribution in [2.75, 3.05) is 0 Å². The van der Waals surface area contributed by atoms with Crippen LogP contribution >= 0.6 is 22.9 Å². The van der Waals surface area contributed by atoms with Gasteiger partial charge in [-0.15, -0.1) is 0 Å². The molecule has 2 rings (SSSR count). The Labute approximate surface area is 129 Å². The number of hydrogen-bond acceptors (Lipinski definition) is 4. The van der Waals surface area contributed by atoms with Crippen LogP contribution in [0.4, 0.5) is 8.78 Å². The molecule has 0 aliphatic heterocycles. The highest BCUT2D eigenvalue weighted by molar-refractivity contribution is 7.89. The number of rotatable bonds is 6. The van der Waals surface area contributed by atoms with Gasteiger partial charge in [0.05, 0.1) is 9.92 Å². The lowest BCUT2D eigenvalue weighted by Gasteiger charge is -2.09. The molecule has 0 saturated heterocycles. The predicted molar refractivity (Wildman–Crippen MR) is 76.4 cm³/mol. The van der Waals surface area contributed by atoms with Gasteiger partial charge < -0.3 is 4.74 Å². The van der Waals surface area contributed by atoms with Gasteiger partial charge >= 0.3 is 6.61 Å². The molecule has 21 heavy (non-hydrogen) atoms. The van der Waals surface area contributed by atoms with Crippen LogP contribution in [-0.2, 0) is 16.6 Å². The maximum Gasteiger partial charge on any atom is 0.387 e. The normalized spacial score (nSPS) is 11.8. The molecule has 0 bridgehead atoms. The van der Waals surface area contributed by atoms with Crippen LogP contribution in [0.1, 0.15) is 5.56 Å². The lowest BCUT2D eigenvalue weighted by Crippen LogP contribution is -2.23. The molecular weight excluding hydrogens is 344 g/mol. The molecule has 1 aromatic heterocycles. The fourth-order valence-electron chi connectivity index (χ4n) is 1.50. The first kappa shape index (κ1) is 16.2. The van der Waals surface area contributed by atoms with Crippen LogP contribution in [0, 0.1) is 0 Å². The number of alkyl halides is 2. The first-order valence-electron chi connectivity index (χ1n) is 5.63. The Bertz CT molecular complexity index is 705. The van der Waals surface area contributed by atoms with Crippen LogP contribution in [0.5, 0.6) is 5.75 Å². The smallest absolute Gasteiger partial charge is 0.387 e. The molecule has 0 unspecified atom stereocenters. The second-order valence-electron chi connectivity index (χ2n) is 3.93. The van der Waals surface area contributed by atoms with E-state index in [9.17, 15) is 17.2 Å². The molecule has 114 valence electrons. The largest absolute Gasteiger partial charge is 0.433 e. The molecule has 0 fully saturated rings. The highest BCUT2D eigenvalue weighted by atomic mass is 35.5. The molecule has 1 N–H and O–H groups in total. The van der Waals surface area contributed by atoms with E-state index in [0.29, 0.717) is 0 Å². The molecule has 1 aromatic carbocycles. The Morgan fingerprint density at radius 1 is 1.33 bits per heavy atom. The maximum absolute atomic E-state index is 12.1. The van der Waals surface area contributed by atoms with Gasteiger partial charge in [-0.2, -0.15) is 20.1 Å². The van der Waals surface area contributed by atoms with Crippen molar-refractivity contribution < 1.29 is 21.9 Å². The number of hydrogen-bond donors (Lipinski definition) is 1. The van der Waals surface area contributed by atoms with E-state index in [1.165, 1.54) is 11.3 Å². The summed E-state index contributed by atoms with van der Waals surface area (Å²) in [6.07, 6.45) is 0. The first-order valence-corrected chi connectivity index (χ1v) is 8.44. The van der Waals surface area contributed by atoms with E-state index < -0.39 is 16.6 Å².